The van der Waals surface area contributed by atoms with Crippen LogP contribution in [0.4, 0.5) is 15.9 Å². The first kappa shape index (κ1) is 26.1. The molecule has 0 unspecified atom stereocenters. The molecule has 0 saturated carbocycles. The third-order valence-corrected chi connectivity index (χ3v) is 5.33. The van der Waals surface area contributed by atoms with Crippen LogP contribution >= 0.6 is 0 Å². The van der Waals surface area contributed by atoms with E-state index in [1.54, 1.807) is 13.8 Å². The summed E-state index contributed by atoms with van der Waals surface area (Å²) >= 11 is 0. The predicted molar refractivity (Wildman–Crippen MR) is 132 cm³/mol. The fraction of sp³-hybridized carbons (Fsp3) is 0.391. The van der Waals surface area contributed by atoms with Crippen molar-refractivity contribution >= 4 is 38.6 Å². The second kappa shape index (κ2) is 9.61. The Morgan fingerprint density at radius 3 is 2.57 bits per heavy atom. The van der Waals surface area contributed by atoms with Crippen molar-refractivity contribution in [1.29, 1.82) is 0 Å². The van der Waals surface area contributed by atoms with Gasteiger partial charge in [-0.1, -0.05) is 0 Å². The van der Waals surface area contributed by atoms with Gasteiger partial charge in [0.05, 0.1) is 11.3 Å². The maximum absolute atomic E-state index is 14.0. The normalized spacial score (nSPS) is 12.8. The molecule has 0 spiro atoms. The molecule has 2 heterocycles. The number of aromatic nitrogens is 3. The van der Waals surface area contributed by atoms with Gasteiger partial charge in [0, 0.05) is 40.0 Å². The summed E-state index contributed by atoms with van der Waals surface area (Å²) in [6.07, 6.45) is 4.62. The number of rotatable bonds is 6. The first-order valence-corrected chi connectivity index (χ1v) is 13.1. The standard InChI is InChI=1S/C23H29FN6O4S/c1-13-16(22(32)29-35(6,7)33)11-30-19(13)20(25-12-26-30)27-17-9-8-15(24)10-18(17)34-14(2)21(31)28-23(3,4)5/h8-12,14H,1-7H3,(H,28,31)(H,25,26,27)/t14-/m1/s1. The summed E-state index contributed by atoms with van der Waals surface area (Å²) in [6.45, 7) is 8.80. The second-order valence-electron chi connectivity index (χ2n) is 9.41. The van der Waals surface area contributed by atoms with Crippen molar-refractivity contribution < 1.29 is 22.9 Å². The Kier molecular flexibility index (Phi) is 7.16. The smallest absolute Gasteiger partial charge is 0.286 e. The van der Waals surface area contributed by atoms with Crippen LogP contribution < -0.4 is 15.4 Å². The maximum Gasteiger partial charge on any atom is 0.286 e. The van der Waals surface area contributed by atoms with Gasteiger partial charge in [0.15, 0.2) is 11.9 Å². The largest absolute Gasteiger partial charge is 0.479 e. The van der Waals surface area contributed by atoms with Crippen LogP contribution in [0.1, 0.15) is 43.6 Å². The number of nitrogens with zero attached hydrogens (tertiary/aromatic N) is 4. The molecule has 0 aliphatic carbocycles. The van der Waals surface area contributed by atoms with Crippen molar-refractivity contribution in [2.75, 3.05) is 17.8 Å². The molecule has 0 fully saturated rings. The Hall–Kier alpha value is -3.54. The molecular weight excluding hydrogens is 475 g/mol. The lowest BCUT2D eigenvalue weighted by Gasteiger charge is -2.24. The average Bonchev–Trinajstić information content (AvgIpc) is 3.05. The summed E-state index contributed by atoms with van der Waals surface area (Å²) in [7, 11) is -2.64. The molecule has 12 heteroatoms. The molecule has 2 N–H and O–H groups in total. The summed E-state index contributed by atoms with van der Waals surface area (Å²) in [5.41, 5.74) is 1.12. The Bertz CT molecular complexity index is 1410. The van der Waals surface area contributed by atoms with Crippen LogP contribution in [0.3, 0.4) is 0 Å². The minimum Gasteiger partial charge on any atom is -0.479 e. The molecule has 188 valence electrons. The van der Waals surface area contributed by atoms with Crippen molar-refractivity contribution in [3.63, 3.8) is 0 Å². The van der Waals surface area contributed by atoms with Gasteiger partial charge in [0.1, 0.15) is 23.4 Å². The third-order valence-electron chi connectivity index (χ3n) is 4.73. The zero-order valence-corrected chi connectivity index (χ0v) is 21.5. The van der Waals surface area contributed by atoms with Gasteiger partial charge in [-0.2, -0.15) is 9.46 Å². The van der Waals surface area contributed by atoms with Gasteiger partial charge in [0.25, 0.3) is 11.8 Å². The minimum atomic E-state index is -2.64. The molecule has 1 aromatic carbocycles. The van der Waals surface area contributed by atoms with Gasteiger partial charge in [-0.15, -0.1) is 0 Å². The number of benzene rings is 1. The number of carbonyl (C=O) groups excluding carboxylic acids is 2. The first-order valence-electron chi connectivity index (χ1n) is 10.7. The Morgan fingerprint density at radius 1 is 1.26 bits per heavy atom. The molecule has 1 atom stereocenters. The highest BCUT2D eigenvalue weighted by atomic mass is 32.2. The summed E-state index contributed by atoms with van der Waals surface area (Å²) in [6, 6.07) is 3.87. The van der Waals surface area contributed by atoms with E-state index < -0.39 is 33.1 Å². The van der Waals surface area contributed by atoms with Gasteiger partial charge in [-0.05, 0) is 52.3 Å². The number of fused-ring (bicyclic) bond motifs is 1. The van der Waals surface area contributed by atoms with Crippen molar-refractivity contribution in [2.45, 2.75) is 46.3 Å². The zero-order valence-electron chi connectivity index (χ0n) is 20.7. The van der Waals surface area contributed by atoms with Crippen molar-refractivity contribution in [3.05, 3.63) is 47.7 Å². The van der Waals surface area contributed by atoms with E-state index in [1.807, 2.05) is 20.8 Å². The van der Waals surface area contributed by atoms with Crippen LogP contribution in [0.2, 0.25) is 0 Å². The number of carbonyl (C=O) groups is 2. The van der Waals surface area contributed by atoms with Crippen LogP contribution in [0.5, 0.6) is 5.75 Å². The van der Waals surface area contributed by atoms with Crippen LogP contribution in [0.15, 0.2) is 35.1 Å². The molecule has 3 rings (SSSR count). The predicted octanol–water partition coefficient (Wildman–Crippen LogP) is 3.47. The molecule has 0 aliphatic rings. The molecule has 35 heavy (non-hydrogen) atoms. The maximum atomic E-state index is 14.0. The average molecular weight is 505 g/mol. The Balaban J connectivity index is 1.98. The zero-order chi connectivity index (χ0) is 26.1. The van der Waals surface area contributed by atoms with Gasteiger partial charge < -0.3 is 15.4 Å². The second-order valence-corrected chi connectivity index (χ2v) is 12.0. The molecule has 0 aliphatic heterocycles. The Morgan fingerprint density at radius 2 is 1.94 bits per heavy atom. The molecule has 0 radical (unpaired) electrons. The van der Waals surface area contributed by atoms with Crippen molar-refractivity contribution in [2.24, 2.45) is 4.36 Å². The van der Waals surface area contributed by atoms with Gasteiger partial charge in [-0.25, -0.2) is 18.1 Å². The van der Waals surface area contributed by atoms with E-state index in [9.17, 15) is 18.2 Å². The molecule has 0 bridgehead atoms. The lowest BCUT2D eigenvalue weighted by Crippen LogP contribution is -2.46. The monoisotopic (exact) mass is 504 g/mol. The summed E-state index contributed by atoms with van der Waals surface area (Å²) in [5.74, 6) is -1.11. The molecule has 2 aromatic heterocycles. The van der Waals surface area contributed by atoms with Gasteiger partial charge >= 0.3 is 0 Å². The number of aryl methyl sites for hydroxylation is 1. The quantitative estimate of drug-likeness (QED) is 0.526. The van der Waals surface area contributed by atoms with Crippen molar-refractivity contribution in [3.8, 4) is 5.75 Å². The van der Waals surface area contributed by atoms with Gasteiger partial charge in [-0.3, -0.25) is 9.59 Å². The van der Waals surface area contributed by atoms with E-state index >= 15 is 0 Å². The number of anilines is 2. The Labute approximate surface area is 203 Å². The fourth-order valence-corrected chi connectivity index (χ4v) is 3.75. The fourth-order valence-electron chi connectivity index (χ4n) is 3.26. The van der Waals surface area contributed by atoms with E-state index in [4.69, 9.17) is 4.74 Å². The highest BCUT2D eigenvalue weighted by molar-refractivity contribution is 7.92. The van der Waals surface area contributed by atoms with Crippen LogP contribution in [-0.4, -0.2) is 54.8 Å². The number of amides is 2. The third kappa shape index (κ3) is 6.53. The number of ether oxygens (including phenoxy) is 1. The molecule has 0 saturated heterocycles. The number of hydrogen-bond acceptors (Lipinski definition) is 7. The summed E-state index contributed by atoms with van der Waals surface area (Å²) in [4.78, 5) is 29.3. The number of nitrogens with one attached hydrogen (secondary N) is 2. The lowest BCUT2D eigenvalue weighted by atomic mass is 10.1. The van der Waals surface area contributed by atoms with E-state index in [-0.39, 0.29) is 17.2 Å². The summed E-state index contributed by atoms with van der Waals surface area (Å²) in [5, 5.41) is 10.0. The lowest BCUT2D eigenvalue weighted by molar-refractivity contribution is -0.128. The highest BCUT2D eigenvalue weighted by Gasteiger charge is 2.23. The topological polar surface area (TPSA) is 127 Å². The molecule has 10 nitrogen and oxygen atoms in total. The van der Waals surface area contributed by atoms with Crippen LogP contribution in [-0.2, 0) is 14.5 Å². The molecule has 3 aromatic rings. The van der Waals surface area contributed by atoms with E-state index in [0.29, 0.717) is 22.6 Å². The van der Waals surface area contributed by atoms with E-state index in [2.05, 4.69) is 25.1 Å². The van der Waals surface area contributed by atoms with Crippen LogP contribution in [0.25, 0.3) is 5.52 Å². The molecule has 2 amide bonds. The van der Waals surface area contributed by atoms with Gasteiger partial charge in [0.2, 0.25) is 0 Å². The van der Waals surface area contributed by atoms with Crippen molar-refractivity contribution in [1.82, 2.24) is 19.9 Å². The summed E-state index contributed by atoms with van der Waals surface area (Å²) < 4.78 is 37.0. The number of hydrogen-bond donors (Lipinski definition) is 2. The van der Waals surface area contributed by atoms with Crippen LogP contribution in [0, 0.1) is 12.7 Å². The van der Waals surface area contributed by atoms with E-state index in [0.717, 1.165) is 0 Å². The van der Waals surface area contributed by atoms with E-state index in [1.165, 1.54) is 47.8 Å². The molecular formula is C23H29FN6O4S. The SMILES string of the molecule is Cc1c(C(=O)N=S(C)(C)=O)cn2ncnc(Nc3ccc(F)cc3O[C@H](C)C(=O)NC(C)(C)C)c12. The number of halogens is 1. The minimum absolute atomic E-state index is 0.102. The first-order chi connectivity index (χ1) is 16.1. The highest BCUT2D eigenvalue weighted by Crippen LogP contribution is 2.32.